The molecule has 1 rings (SSSR count). The van der Waals surface area contributed by atoms with Gasteiger partial charge in [-0.2, -0.15) is 0 Å². The van der Waals surface area contributed by atoms with Gasteiger partial charge in [0.2, 0.25) is 10.0 Å². The van der Waals surface area contributed by atoms with Crippen LogP contribution in [0.1, 0.15) is 31.9 Å². The van der Waals surface area contributed by atoms with Gasteiger partial charge < -0.3 is 5.32 Å². The molecule has 2 N–H and O–H groups in total. The van der Waals surface area contributed by atoms with E-state index in [0.29, 0.717) is 4.90 Å². The van der Waals surface area contributed by atoms with Crippen molar-refractivity contribution in [2.45, 2.75) is 31.2 Å². The lowest BCUT2D eigenvalue weighted by Crippen LogP contribution is -2.20. The van der Waals surface area contributed by atoms with Crippen LogP contribution in [0.3, 0.4) is 0 Å². The Bertz CT molecular complexity index is 440. The number of rotatable bonds is 6. The van der Waals surface area contributed by atoms with Crippen molar-refractivity contribution in [1.29, 1.82) is 0 Å². The molecule has 1 atom stereocenters. The highest BCUT2D eigenvalue weighted by Crippen LogP contribution is 2.15. The second kappa shape index (κ2) is 6.14. The fourth-order valence-corrected chi connectivity index (χ4v) is 2.26. The molecule has 0 aromatic heterocycles. The molecule has 4 nitrogen and oxygen atoms in total. The summed E-state index contributed by atoms with van der Waals surface area (Å²) in [6.07, 6.45) is 1.08. The highest BCUT2D eigenvalue weighted by Gasteiger charge is 2.11. The van der Waals surface area contributed by atoms with E-state index in [1.54, 1.807) is 12.1 Å². The zero-order valence-corrected chi connectivity index (χ0v) is 11.3. The van der Waals surface area contributed by atoms with E-state index >= 15 is 0 Å². The predicted octanol–water partition coefficient (Wildman–Crippen LogP) is 1.66. The van der Waals surface area contributed by atoms with Crippen molar-refractivity contribution in [2.24, 2.45) is 0 Å². The molecule has 0 heterocycles. The molecule has 0 aliphatic rings. The smallest absolute Gasteiger partial charge is 0.240 e. The molecule has 96 valence electrons. The van der Waals surface area contributed by atoms with Gasteiger partial charge in [-0.05, 0) is 44.6 Å². The molecule has 1 unspecified atom stereocenters. The van der Waals surface area contributed by atoms with E-state index in [1.165, 1.54) is 7.05 Å². The zero-order valence-electron chi connectivity index (χ0n) is 10.5. The van der Waals surface area contributed by atoms with E-state index in [4.69, 9.17) is 0 Å². The summed E-state index contributed by atoms with van der Waals surface area (Å²) >= 11 is 0. The standard InChI is InChI=1S/C12H20N2O2S/c1-4-9-14-10(2)11-5-7-12(8-6-11)17(15,16)13-3/h5-8,10,13-14H,4,9H2,1-3H3. The molecule has 1 aromatic rings. The Morgan fingerprint density at radius 1 is 1.24 bits per heavy atom. The fraction of sp³-hybridized carbons (Fsp3) is 0.500. The van der Waals surface area contributed by atoms with Crippen LogP contribution in [0.4, 0.5) is 0 Å². The molecule has 0 amide bonds. The molecule has 0 saturated carbocycles. The predicted molar refractivity (Wildman–Crippen MR) is 69.4 cm³/mol. The van der Waals surface area contributed by atoms with E-state index in [9.17, 15) is 8.42 Å². The summed E-state index contributed by atoms with van der Waals surface area (Å²) in [5.74, 6) is 0. The van der Waals surface area contributed by atoms with Gasteiger partial charge in [0, 0.05) is 6.04 Å². The summed E-state index contributed by atoms with van der Waals surface area (Å²) < 4.78 is 25.4. The first kappa shape index (κ1) is 14.2. The summed E-state index contributed by atoms with van der Waals surface area (Å²) in [4.78, 5) is 0.298. The van der Waals surface area contributed by atoms with Gasteiger partial charge in [0.25, 0.3) is 0 Å². The highest BCUT2D eigenvalue weighted by atomic mass is 32.2. The second-order valence-electron chi connectivity index (χ2n) is 3.95. The van der Waals surface area contributed by atoms with Gasteiger partial charge in [0.05, 0.1) is 4.90 Å². The molecule has 0 bridgehead atoms. The van der Waals surface area contributed by atoms with Gasteiger partial charge in [0.1, 0.15) is 0 Å². The SMILES string of the molecule is CCCNC(C)c1ccc(S(=O)(=O)NC)cc1. The minimum absolute atomic E-state index is 0.237. The first-order valence-corrected chi connectivity index (χ1v) is 7.26. The van der Waals surface area contributed by atoms with Gasteiger partial charge >= 0.3 is 0 Å². The number of benzene rings is 1. The first-order valence-electron chi connectivity index (χ1n) is 5.78. The van der Waals surface area contributed by atoms with Crippen molar-refractivity contribution < 1.29 is 8.42 Å². The molecule has 0 spiro atoms. The Balaban J connectivity index is 2.81. The van der Waals surface area contributed by atoms with E-state index in [-0.39, 0.29) is 6.04 Å². The van der Waals surface area contributed by atoms with Crippen molar-refractivity contribution >= 4 is 10.0 Å². The molecule has 0 aliphatic heterocycles. The number of hydrogen-bond acceptors (Lipinski definition) is 3. The van der Waals surface area contributed by atoms with E-state index in [1.807, 2.05) is 12.1 Å². The molecule has 5 heteroatoms. The largest absolute Gasteiger partial charge is 0.310 e. The molecule has 0 saturated heterocycles. The Labute approximate surface area is 103 Å². The van der Waals surface area contributed by atoms with Crippen molar-refractivity contribution in [2.75, 3.05) is 13.6 Å². The average Bonchev–Trinajstić information content (AvgIpc) is 2.36. The molecular formula is C12H20N2O2S. The van der Waals surface area contributed by atoms with Gasteiger partial charge in [-0.3, -0.25) is 0 Å². The Hall–Kier alpha value is -0.910. The maximum Gasteiger partial charge on any atom is 0.240 e. The molecule has 0 fully saturated rings. The van der Waals surface area contributed by atoms with Crippen LogP contribution in [-0.2, 0) is 10.0 Å². The summed E-state index contributed by atoms with van der Waals surface area (Å²) in [6, 6.07) is 7.19. The lowest BCUT2D eigenvalue weighted by atomic mass is 10.1. The van der Waals surface area contributed by atoms with Crippen LogP contribution in [0.5, 0.6) is 0 Å². The maximum absolute atomic E-state index is 11.5. The second-order valence-corrected chi connectivity index (χ2v) is 5.84. The van der Waals surface area contributed by atoms with Crippen LogP contribution in [0.25, 0.3) is 0 Å². The van der Waals surface area contributed by atoms with Crippen LogP contribution < -0.4 is 10.0 Å². The van der Waals surface area contributed by atoms with Crippen LogP contribution in [-0.4, -0.2) is 22.0 Å². The van der Waals surface area contributed by atoms with Crippen molar-refractivity contribution in [3.63, 3.8) is 0 Å². The molecule has 0 radical (unpaired) electrons. The highest BCUT2D eigenvalue weighted by molar-refractivity contribution is 7.89. The third kappa shape index (κ3) is 3.80. The van der Waals surface area contributed by atoms with Crippen molar-refractivity contribution in [3.8, 4) is 0 Å². The molecular weight excluding hydrogens is 236 g/mol. The third-order valence-corrected chi connectivity index (χ3v) is 4.09. The lowest BCUT2D eigenvalue weighted by Gasteiger charge is -2.14. The third-order valence-electron chi connectivity index (χ3n) is 2.66. The topological polar surface area (TPSA) is 58.2 Å². The lowest BCUT2D eigenvalue weighted by molar-refractivity contribution is 0.569. The quantitative estimate of drug-likeness (QED) is 0.813. The minimum Gasteiger partial charge on any atom is -0.310 e. The van der Waals surface area contributed by atoms with E-state index in [0.717, 1.165) is 18.5 Å². The summed E-state index contributed by atoms with van der Waals surface area (Å²) in [5.41, 5.74) is 1.09. The van der Waals surface area contributed by atoms with Gasteiger partial charge in [-0.25, -0.2) is 13.1 Å². The fourth-order valence-electron chi connectivity index (χ4n) is 1.53. The van der Waals surface area contributed by atoms with Crippen LogP contribution in [0.2, 0.25) is 0 Å². The van der Waals surface area contributed by atoms with Crippen molar-refractivity contribution in [3.05, 3.63) is 29.8 Å². The Morgan fingerprint density at radius 2 is 1.82 bits per heavy atom. The van der Waals surface area contributed by atoms with Crippen LogP contribution >= 0.6 is 0 Å². The normalized spacial score (nSPS) is 13.6. The molecule has 1 aromatic carbocycles. The van der Waals surface area contributed by atoms with E-state index < -0.39 is 10.0 Å². The average molecular weight is 256 g/mol. The van der Waals surface area contributed by atoms with Crippen LogP contribution in [0.15, 0.2) is 29.2 Å². The monoisotopic (exact) mass is 256 g/mol. The molecule has 0 aliphatic carbocycles. The van der Waals surface area contributed by atoms with Gasteiger partial charge in [-0.15, -0.1) is 0 Å². The minimum atomic E-state index is -3.33. The van der Waals surface area contributed by atoms with Gasteiger partial charge in [0.15, 0.2) is 0 Å². The first-order chi connectivity index (χ1) is 8.01. The van der Waals surface area contributed by atoms with Crippen molar-refractivity contribution in [1.82, 2.24) is 10.0 Å². The molecule has 17 heavy (non-hydrogen) atoms. The van der Waals surface area contributed by atoms with Crippen LogP contribution in [0, 0.1) is 0 Å². The summed E-state index contributed by atoms with van der Waals surface area (Å²) in [7, 11) is -1.92. The maximum atomic E-state index is 11.5. The summed E-state index contributed by atoms with van der Waals surface area (Å²) in [6.45, 7) is 5.14. The number of hydrogen-bond donors (Lipinski definition) is 2. The van der Waals surface area contributed by atoms with Gasteiger partial charge in [-0.1, -0.05) is 19.1 Å². The summed E-state index contributed by atoms with van der Waals surface area (Å²) in [5, 5.41) is 3.36. The zero-order chi connectivity index (χ0) is 12.9. The Morgan fingerprint density at radius 3 is 2.29 bits per heavy atom. The van der Waals surface area contributed by atoms with E-state index in [2.05, 4.69) is 23.9 Å². The Kier molecular flexibility index (Phi) is 5.11. The number of sulfonamides is 1. The number of nitrogens with one attached hydrogen (secondary N) is 2.